The zero-order valence-electron chi connectivity index (χ0n) is 10.0. The maximum Gasteiger partial charge on any atom is 0.140 e. The van der Waals surface area contributed by atoms with Gasteiger partial charge in [0.2, 0.25) is 0 Å². The van der Waals surface area contributed by atoms with Gasteiger partial charge in [0.15, 0.2) is 0 Å². The van der Waals surface area contributed by atoms with E-state index in [1.807, 2.05) is 12.1 Å². The predicted molar refractivity (Wildman–Crippen MR) is 66.3 cm³/mol. The lowest BCUT2D eigenvalue weighted by molar-refractivity contribution is -0.121. The number of hydrogen-bond acceptors (Lipinski definition) is 2. The molecule has 0 bridgehead atoms. The molecule has 0 N–H and O–H groups in total. The van der Waals surface area contributed by atoms with E-state index in [2.05, 4.69) is 12.1 Å². The Balaban J connectivity index is 1.78. The maximum absolute atomic E-state index is 11.9. The van der Waals surface area contributed by atoms with Crippen LogP contribution in [0, 0.1) is 0 Å². The van der Waals surface area contributed by atoms with E-state index < -0.39 is 0 Å². The summed E-state index contributed by atoms with van der Waals surface area (Å²) in [5.74, 6) is 1.45. The second kappa shape index (κ2) is 4.52. The Hall–Kier alpha value is -1.31. The summed E-state index contributed by atoms with van der Waals surface area (Å²) >= 11 is 0. The van der Waals surface area contributed by atoms with Gasteiger partial charge in [-0.3, -0.25) is 4.79 Å². The van der Waals surface area contributed by atoms with Crippen LogP contribution in [-0.4, -0.2) is 11.9 Å². The molecule has 1 aromatic rings. The van der Waals surface area contributed by atoms with Crippen LogP contribution in [0.1, 0.15) is 50.0 Å². The third kappa shape index (κ3) is 2.51. The highest BCUT2D eigenvalue weighted by molar-refractivity contribution is 5.86. The molecule has 2 fully saturated rings. The van der Waals surface area contributed by atoms with Crippen molar-refractivity contribution in [3.63, 3.8) is 0 Å². The Bertz CT molecular complexity index is 421. The van der Waals surface area contributed by atoms with Gasteiger partial charge in [0.1, 0.15) is 11.5 Å². The lowest BCUT2D eigenvalue weighted by Crippen LogP contribution is -2.17. The van der Waals surface area contributed by atoms with Crippen LogP contribution in [0.2, 0.25) is 0 Å². The first kappa shape index (κ1) is 10.8. The van der Waals surface area contributed by atoms with Crippen LogP contribution < -0.4 is 4.74 Å². The van der Waals surface area contributed by atoms with Crippen LogP contribution in [0.15, 0.2) is 24.3 Å². The minimum Gasteiger partial charge on any atom is -0.490 e. The SMILES string of the molecule is O=C1CCCCC1c1cccc(OC2CC2)c1. The number of carbonyl (C=O) groups is 1. The largest absolute Gasteiger partial charge is 0.490 e. The molecular weight excluding hydrogens is 212 g/mol. The first-order valence-electron chi connectivity index (χ1n) is 6.62. The molecule has 0 heterocycles. The molecule has 1 unspecified atom stereocenters. The fraction of sp³-hybridized carbons (Fsp3) is 0.533. The highest BCUT2D eigenvalue weighted by atomic mass is 16.5. The van der Waals surface area contributed by atoms with Gasteiger partial charge in [-0.05, 0) is 43.4 Å². The van der Waals surface area contributed by atoms with E-state index in [-0.39, 0.29) is 5.92 Å². The van der Waals surface area contributed by atoms with Gasteiger partial charge >= 0.3 is 0 Å². The molecular formula is C15H18O2. The highest BCUT2D eigenvalue weighted by Crippen LogP contribution is 2.33. The number of benzene rings is 1. The summed E-state index contributed by atoms with van der Waals surface area (Å²) < 4.78 is 5.78. The van der Waals surface area contributed by atoms with Gasteiger partial charge in [0.05, 0.1) is 6.10 Å². The number of rotatable bonds is 3. The summed E-state index contributed by atoms with van der Waals surface area (Å²) in [6, 6.07) is 8.13. The monoisotopic (exact) mass is 230 g/mol. The molecule has 2 nitrogen and oxygen atoms in total. The van der Waals surface area contributed by atoms with Gasteiger partial charge in [-0.25, -0.2) is 0 Å². The van der Waals surface area contributed by atoms with Crippen LogP contribution in [0.5, 0.6) is 5.75 Å². The lowest BCUT2D eigenvalue weighted by Gasteiger charge is -2.21. The second-order valence-corrected chi connectivity index (χ2v) is 5.15. The van der Waals surface area contributed by atoms with Crippen molar-refractivity contribution in [1.82, 2.24) is 0 Å². The zero-order chi connectivity index (χ0) is 11.7. The van der Waals surface area contributed by atoms with Crippen molar-refractivity contribution in [3.8, 4) is 5.75 Å². The molecule has 90 valence electrons. The van der Waals surface area contributed by atoms with Gasteiger partial charge < -0.3 is 4.74 Å². The molecule has 1 atom stereocenters. The minimum atomic E-state index is 0.117. The Morgan fingerprint density at radius 3 is 2.76 bits per heavy atom. The molecule has 2 aliphatic rings. The topological polar surface area (TPSA) is 26.3 Å². The van der Waals surface area contributed by atoms with Crippen LogP contribution in [0.25, 0.3) is 0 Å². The Kier molecular flexibility index (Phi) is 2.87. The van der Waals surface area contributed by atoms with Crippen molar-refractivity contribution in [2.75, 3.05) is 0 Å². The average molecular weight is 230 g/mol. The fourth-order valence-corrected chi connectivity index (χ4v) is 2.52. The second-order valence-electron chi connectivity index (χ2n) is 5.15. The molecule has 17 heavy (non-hydrogen) atoms. The summed E-state index contributed by atoms with van der Waals surface area (Å²) in [6.45, 7) is 0. The molecule has 3 rings (SSSR count). The summed E-state index contributed by atoms with van der Waals surface area (Å²) in [5.41, 5.74) is 1.15. The van der Waals surface area contributed by atoms with Crippen LogP contribution >= 0.6 is 0 Å². The summed E-state index contributed by atoms with van der Waals surface area (Å²) in [7, 11) is 0. The van der Waals surface area contributed by atoms with Crippen LogP contribution in [0.3, 0.4) is 0 Å². The molecule has 2 saturated carbocycles. The van der Waals surface area contributed by atoms with E-state index in [0.29, 0.717) is 11.9 Å². The van der Waals surface area contributed by atoms with Gasteiger partial charge in [-0.2, -0.15) is 0 Å². The lowest BCUT2D eigenvalue weighted by atomic mass is 9.83. The number of hydrogen-bond donors (Lipinski definition) is 0. The van der Waals surface area contributed by atoms with Crippen molar-refractivity contribution in [2.45, 2.75) is 50.5 Å². The number of Topliss-reactive ketones (excluding diaryl/α,β-unsaturated/α-hetero) is 1. The normalized spacial score (nSPS) is 24.7. The van der Waals surface area contributed by atoms with E-state index in [1.54, 1.807) is 0 Å². The minimum absolute atomic E-state index is 0.117. The van der Waals surface area contributed by atoms with E-state index >= 15 is 0 Å². The number of ketones is 1. The van der Waals surface area contributed by atoms with E-state index in [0.717, 1.165) is 30.6 Å². The quantitative estimate of drug-likeness (QED) is 0.795. The van der Waals surface area contributed by atoms with Gasteiger partial charge in [-0.15, -0.1) is 0 Å². The summed E-state index contributed by atoms with van der Waals surface area (Å²) in [5, 5.41) is 0. The Morgan fingerprint density at radius 2 is 2.00 bits per heavy atom. The molecule has 0 spiro atoms. The molecule has 2 heteroatoms. The molecule has 0 radical (unpaired) electrons. The molecule has 0 aromatic heterocycles. The first-order valence-corrected chi connectivity index (χ1v) is 6.62. The van der Waals surface area contributed by atoms with Crippen LogP contribution in [0.4, 0.5) is 0 Å². The summed E-state index contributed by atoms with van der Waals surface area (Å²) in [6.07, 6.45) is 6.76. The van der Waals surface area contributed by atoms with Crippen LogP contribution in [-0.2, 0) is 4.79 Å². The average Bonchev–Trinajstić information content (AvgIpc) is 3.14. The standard InChI is InChI=1S/C15H18O2/c16-15-7-2-1-6-14(15)11-4-3-5-13(10-11)17-12-8-9-12/h3-5,10,12,14H,1-2,6-9H2. The number of carbonyl (C=O) groups excluding carboxylic acids is 1. The van der Waals surface area contributed by atoms with E-state index in [1.165, 1.54) is 19.3 Å². The number of ether oxygens (including phenoxy) is 1. The molecule has 2 aliphatic carbocycles. The summed E-state index contributed by atoms with van der Waals surface area (Å²) in [4.78, 5) is 11.9. The zero-order valence-corrected chi connectivity index (χ0v) is 10.0. The maximum atomic E-state index is 11.9. The van der Waals surface area contributed by atoms with Gasteiger partial charge in [-0.1, -0.05) is 18.6 Å². The van der Waals surface area contributed by atoms with Crippen molar-refractivity contribution >= 4 is 5.78 Å². The van der Waals surface area contributed by atoms with Gasteiger partial charge in [0.25, 0.3) is 0 Å². The molecule has 0 saturated heterocycles. The fourth-order valence-electron chi connectivity index (χ4n) is 2.52. The first-order chi connectivity index (χ1) is 8.33. The molecule has 0 amide bonds. The Labute approximate surface area is 102 Å². The van der Waals surface area contributed by atoms with E-state index in [4.69, 9.17) is 4.74 Å². The van der Waals surface area contributed by atoms with Crippen molar-refractivity contribution in [1.29, 1.82) is 0 Å². The van der Waals surface area contributed by atoms with E-state index in [9.17, 15) is 4.79 Å². The predicted octanol–water partition coefficient (Wildman–Crippen LogP) is 3.45. The smallest absolute Gasteiger partial charge is 0.140 e. The van der Waals surface area contributed by atoms with Crippen molar-refractivity contribution in [3.05, 3.63) is 29.8 Å². The Morgan fingerprint density at radius 1 is 1.12 bits per heavy atom. The van der Waals surface area contributed by atoms with Gasteiger partial charge in [0, 0.05) is 12.3 Å². The third-order valence-corrected chi connectivity index (χ3v) is 3.64. The third-order valence-electron chi connectivity index (χ3n) is 3.64. The molecule has 1 aromatic carbocycles. The highest BCUT2D eigenvalue weighted by Gasteiger charge is 2.26. The molecule has 0 aliphatic heterocycles. The van der Waals surface area contributed by atoms with Crippen molar-refractivity contribution in [2.24, 2.45) is 0 Å². The van der Waals surface area contributed by atoms with Crippen molar-refractivity contribution < 1.29 is 9.53 Å².